The zero-order valence-electron chi connectivity index (χ0n) is 7.05. The van der Waals surface area contributed by atoms with Crippen LogP contribution in [0.25, 0.3) is 0 Å². The Morgan fingerprint density at radius 3 is 2.18 bits per heavy atom. The number of nitrogens with zero attached hydrogens (tertiary/aromatic N) is 1. The maximum atomic E-state index is 3.82. The molecule has 0 aromatic rings. The molecule has 1 rings (SSSR count). The molecule has 1 saturated heterocycles. The third-order valence-corrected chi connectivity index (χ3v) is 3.99. The van der Waals surface area contributed by atoms with Gasteiger partial charge in [-0.05, 0) is 32.1 Å². The SMILES string of the molecule is C=C[Si](C=C)CN1CCCC1. The lowest BCUT2D eigenvalue weighted by Crippen LogP contribution is -2.30. The second kappa shape index (κ2) is 4.52. The van der Waals surface area contributed by atoms with Gasteiger partial charge in [-0.3, -0.25) is 0 Å². The highest BCUT2D eigenvalue weighted by Gasteiger charge is 2.14. The number of hydrogen-bond donors (Lipinski definition) is 0. The van der Waals surface area contributed by atoms with Gasteiger partial charge in [0.1, 0.15) is 8.80 Å². The van der Waals surface area contributed by atoms with Crippen molar-refractivity contribution in [1.82, 2.24) is 4.90 Å². The first kappa shape index (κ1) is 8.75. The molecule has 0 amide bonds. The summed E-state index contributed by atoms with van der Waals surface area (Å²) in [5, 5.41) is 0. The van der Waals surface area contributed by atoms with Gasteiger partial charge >= 0.3 is 0 Å². The van der Waals surface area contributed by atoms with Crippen LogP contribution in [0.2, 0.25) is 0 Å². The van der Waals surface area contributed by atoms with Crippen LogP contribution in [0.4, 0.5) is 0 Å². The van der Waals surface area contributed by atoms with Gasteiger partial charge in [0.25, 0.3) is 0 Å². The van der Waals surface area contributed by atoms with E-state index in [9.17, 15) is 0 Å². The van der Waals surface area contributed by atoms with E-state index < -0.39 is 8.80 Å². The van der Waals surface area contributed by atoms with E-state index in [4.69, 9.17) is 0 Å². The summed E-state index contributed by atoms with van der Waals surface area (Å²) in [5.41, 5.74) is 4.16. The maximum absolute atomic E-state index is 3.82. The summed E-state index contributed by atoms with van der Waals surface area (Å²) in [6.07, 6.45) is 3.98. The molecule has 1 aliphatic rings. The molecule has 0 unspecified atom stereocenters. The summed E-state index contributed by atoms with van der Waals surface area (Å²) in [7, 11) is -0.453. The van der Waals surface area contributed by atoms with Crippen molar-refractivity contribution in [2.24, 2.45) is 0 Å². The van der Waals surface area contributed by atoms with E-state index in [0.29, 0.717) is 0 Å². The Kier molecular flexibility index (Phi) is 3.59. The molecule has 0 aromatic carbocycles. The minimum absolute atomic E-state index is 0.453. The summed E-state index contributed by atoms with van der Waals surface area (Å²) in [4.78, 5) is 2.53. The van der Waals surface area contributed by atoms with E-state index in [0.717, 1.165) is 0 Å². The van der Waals surface area contributed by atoms with E-state index in [-0.39, 0.29) is 0 Å². The molecule has 1 heterocycles. The van der Waals surface area contributed by atoms with Gasteiger partial charge in [0.15, 0.2) is 0 Å². The Labute approximate surface area is 71.0 Å². The highest BCUT2D eigenvalue weighted by atomic mass is 28.3. The van der Waals surface area contributed by atoms with Gasteiger partial charge in [-0.15, -0.1) is 13.2 Å². The van der Waals surface area contributed by atoms with Gasteiger partial charge in [-0.25, -0.2) is 0 Å². The Morgan fingerprint density at radius 1 is 1.18 bits per heavy atom. The van der Waals surface area contributed by atoms with E-state index in [1.807, 2.05) is 0 Å². The fourth-order valence-electron chi connectivity index (χ4n) is 1.41. The molecule has 1 nitrogen and oxygen atoms in total. The third-order valence-electron chi connectivity index (χ3n) is 2.13. The van der Waals surface area contributed by atoms with E-state index in [1.165, 1.54) is 32.1 Å². The predicted octanol–water partition coefficient (Wildman–Crippen LogP) is 1.57. The summed E-state index contributed by atoms with van der Waals surface area (Å²) in [6.45, 7) is 10.2. The first-order valence-corrected chi connectivity index (χ1v) is 6.06. The number of rotatable bonds is 4. The molecule has 0 N–H and O–H groups in total. The summed E-state index contributed by atoms with van der Waals surface area (Å²) >= 11 is 0. The van der Waals surface area contributed by atoms with E-state index >= 15 is 0 Å². The highest BCUT2D eigenvalue weighted by molar-refractivity contribution is 6.69. The predicted molar refractivity (Wildman–Crippen MR) is 51.8 cm³/mol. The van der Waals surface area contributed by atoms with Crippen molar-refractivity contribution in [3.8, 4) is 0 Å². The van der Waals surface area contributed by atoms with Crippen molar-refractivity contribution >= 4 is 8.80 Å². The monoisotopic (exact) mass is 166 g/mol. The van der Waals surface area contributed by atoms with Gasteiger partial charge in [0, 0.05) is 0 Å². The molecule has 0 aliphatic carbocycles. The Morgan fingerprint density at radius 2 is 1.73 bits per heavy atom. The summed E-state index contributed by atoms with van der Waals surface area (Å²) < 4.78 is 0. The van der Waals surface area contributed by atoms with Crippen LogP contribution in [-0.4, -0.2) is 33.0 Å². The maximum Gasteiger partial charge on any atom is 0.117 e. The van der Waals surface area contributed by atoms with Crippen molar-refractivity contribution in [1.29, 1.82) is 0 Å². The first-order valence-electron chi connectivity index (χ1n) is 4.20. The highest BCUT2D eigenvalue weighted by Crippen LogP contribution is 2.07. The molecule has 0 saturated carbocycles. The molecule has 0 spiro atoms. The van der Waals surface area contributed by atoms with Crippen LogP contribution in [0, 0.1) is 0 Å². The number of likely N-dealkylation sites (tertiary alicyclic amines) is 1. The molecule has 0 aromatic heterocycles. The van der Waals surface area contributed by atoms with Crippen LogP contribution >= 0.6 is 0 Å². The fraction of sp³-hybridized carbons (Fsp3) is 0.556. The van der Waals surface area contributed by atoms with Crippen LogP contribution in [0.3, 0.4) is 0 Å². The molecular weight excluding hydrogens is 150 g/mol. The zero-order valence-corrected chi connectivity index (χ0v) is 8.05. The average Bonchev–Trinajstić information content (AvgIpc) is 2.52. The van der Waals surface area contributed by atoms with Crippen LogP contribution in [-0.2, 0) is 0 Å². The zero-order chi connectivity index (χ0) is 8.10. The lowest BCUT2D eigenvalue weighted by molar-refractivity contribution is 0.393. The first-order chi connectivity index (χ1) is 5.36. The summed E-state index contributed by atoms with van der Waals surface area (Å²) in [5.74, 6) is 0. The van der Waals surface area contributed by atoms with Crippen LogP contribution < -0.4 is 0 Å². The topological polar surface area (TPSA) is 3.24 Å². The molecular formula is C9H16NSi. The van der Waals surface area contributed by atoms with Gasteiger partial charge in [0.05, 0.1) is 0 Å². The number of hydrogen-bond acceptors (Lipinski definition) is 1. The summed E-state index contributed by atoms with van der Waals surface area (Å²) in [6, 6.07) is 0. The lowest BCUT2D eigenvalue weighted by atomic mass is 10.4. The minimum atomic E-state index is -0.453. The van der Waals surface area contributed by atoms with Crippen LogP contribution in [0.15, 0.2) is 24.6 Å². The van der Waals surface area contributed by atoms with Crippen molar-refractivity contribution in [2.45, 2.75) is 12.8 Å². The minimum Gasteiger partial charge on any atom is -0.306 e. The van der Waals surface area contributed by atoms with Gasteiger partial charge in [0.2, 0.25) is 0 Å². The van der Waals surface area contributed by atoms with Crippen molar-refractivity contribution in [3.05, 3.63) is 24.6 Å². The molecule has 2 heteroatoms. The van der Waals surface area contributed by atoms with Crippen molar-refractivity contribution < 1.29 is 0 Å². The smallest absolute Gasteiger partial charge is 0.117 e. The molecule has 1 radical (unpaired) electrons. The molecule has 11 heavy (non-hydrogen) atoms. The van der Waals surface area contributed by atoms with Gasteiger partial charge in [-0.1, -0.05) is 11.4 Å². The van der Waals surface area contributed by atoms with E-state index in [2.05, 4.69) is 29.5 Å². The molecule has 61 valence electrons. The van der Waals surface area contributed by atoms with Gasteiger partial charge < -0.3 is 4.90 Å². The Hall–Kier alpha value is -0.343. The average molecular weight is 166 g/mol. The second-order valence-corrected chi connectivity index (χ2v) is 5.25. The van der Waals surface area contributed by atoms with Crippen molar-refractivity contribution in [3.63, 3.8) is 0 Å². The van der Waals surface area contributed by atoms with Crippen molar-refractivity contribution in [2.75, 3.05) is 19.3 Å². The van der Waals surface area contributed by atoms with E-state index in [1.54, 1.807) is 0 Å². The molecule has 0 bridgehead atoms. The quantitative estimate of drug-likeness (QED) is 0.573. The molecule has 1 aliphatic heterocycles. The Balaban J connectivity index is 2.26. The second-order valence-electron chi connectivity index (χ2n) is 2.97. The Bertz CT molecular complexity index is 130. The third kappa shape index (κ3) is 2.64. The van der Waals surface area contributed by atoms with Gasteiger partial charge in [-0.2, -0.15) is 0 Å². The van der Waals surface area contributed by atoms with Crippen LogP contribution in [0.1, 0.15) is 12.8 Å². The lowest BCUT2D eigenvalue weighted by Gasteiger charge is -2.16. The van der Waals surface area contributed by atoms with Crippen LogP contribution in [0.5, 0.6) is 0 Å². The largest absolute Gasteiger partial charge is 0.306 e. The standard InChI is InChI=1S/C9H16NSi/c1-3-11(4-2)9-10-7-5-6-8-10/h3-4H,1-2,5-9H2. The molecule has 0 atom stereocenters. The molecule has 1 fully saturated rings. The normalized spacial score (nSPS) is 19.0. The fourth-order valence-corrected chi connectivity index (χ4v) is 2.67.